The van der Waals surface area contributed by atoms with Gasteiger partial charge in [-0.05, 0) is 84.4 Å². The van der Waals surface area contributed by atoms with Crippen LogP contribution in [-0.4, -0.2) is 58.5 Å². The third-order valence-corrected chi connectivity index (χ3v) is 5.53. The molecule has 1 aromatic rings. The van der Waals surface area contributed by atoms with Crippen LogP contribution in [0.3, 0.4) is 0 Å². The molecule has 1 aromatic carbocycles. The first kappa shape index (κ1) is 29.8. The summed E-state index contributed by atoms with van der Waals surface area (Å²) in [5, 5.41) is 5.80. The number of carbonyl (C=O) groups excluding carboxylic acids is 3. The van der Waals surface area contributed by atoms with Gasteiger partial charge in [0.25, 0.3) is 0 Å². The summed E-state index contributed by atoms with van der Waals surface area (Å²) in [6.07, 6.45) is 2.40. The summed E-state index contributed by atoms with van der Waals surface area (Å²) in [6.45, 7) is 15.4. The molecule has 0 aromatic heterocycles. The molecule has 0 aliphatic rings. The number of ether oxygens (including phenoxy) is 1. The average molecular weight is 494 g/mol. The summed E-state index contributed by atoms with van der Waals surface area (Å²) in [4.78, 5) is 41.6. The van der Waals surface area contributed by atoms with Crippen molar-refractivity contribution in [3.63, 3.8) is 0 Å². The van der Waals surface area contributed by atoms with Gasteiger partial charge in [0.1, 0.15) is 17.7 Å². The van der Waals surface area contributed by atoms with Gasteiger partial charge >= 0.3 is 6.09 Å². The zero-order valence-electron chi connectivity index (χ0n) is 22.3. The maximum absolute atomic E-state index is 13.9. The van der Waals surface area contributed by atoms with E-state index in [4.69, 9.17) is 4.74 Å². The number of carbonyl (C=O) groups is 3. The molecule has 0 saturated heterocycles. The van der Waals surface area contributed by atoms with Crippen LogP contribution in [0.5, 0.6) is 0 Å². The number of aryl methyl sites for hydroxylation is 1. The molecule has 0 aliphatic carbocycles. The number of alkyl carbamates (subject to hydrolysis) is 1. The Morgan fingerprint density at radius 1 is 1.09 bits per heavy atom. The van der Waals surface area contributed by atoms with E-state index in [1.807, 2.05) is 65.1 Å². The van der Waals surface area contributed by atoms with Gasteiger partial charge in [-0.25, -0.2) is 4.79 Å². The molecule has 2 N–H and O–H groups in total. The number of benzene rings is 1. The highest BCUT2D eigenvalue weighted by Crippen LogP contribution is 2.27. The van der Waals surface area contributed by atoms with Gasteiger partial charge in [-0.15, -0.1) is 0 Å². The normalized spacial score (nSPS) is 13.6. The molecular weight excluding hydrogens is 450 g/mol. The minimum Gasteiger partial charge on any atom is -0.444 e. The third-order valence-electron chi connectivity index (χ3n) is 4.89. The standard InChI is InChI=1S/C26H43N3O4S/c1-10-16-29(23(31)20(15-17-34-9)27-24(32)33-26(6,7)8)21(22(30)28-25(3,4)5)19-14-12-11-13-18(19)2/h11-14,20-21H,10,15-17H2,1-9H3,(H,27,32)(H,28,30). The number of hydrogen-bond donors (Lipinski definition) is 2. The predicted octanol–water partition coefficient (Wildman–Crippen LogP) is 4.84. The molecule has 8 heteroatoms. The molecule has 0 aliphatic heterocycles. The fourth-order valence-corrected chi connectivity index (χ4v) is 4.00. The Labute approximate surface area is 209 Å². The van der Waals surface area contributed by atoms with Crippen molar-refractivity contribution in [3.05, 3.63) is 35.4 Å². The van der Waals surface area contributed by atoms with Gasteiger partial charge in [0, 0.05) is 12.1 Å². The van der Waals surface area contributed by atoms with E-state index in [1.54, 1.807) is 37.4 Å². The summed E-state index contributed by atoms with van der Waals surface area (Å²) in [5.74, 6) is 0.138. The van der Waals surface area contributed by atoms with Crippen LogP contribution in [-0.2, 0) is 14.3 Å². The van der Waals surface area contributed by atoms with Crippen LogP contribution in [0.2, 0.25) is 0 Å². The quantitative estimate of drug-likeness (QED) is 0.487. The number of nitrogens with one attached hydrogen (secondary N) is 2. The van der Waals surface area contributed by atoms with E-state index in [-0.39, 0.29) is 11.8 Å². The van der Waals surface area contributed by atoms with Gasteiger partial charge in [0.05, 0.1) is 0 Å². The van der Waals surface area contributed by atoms with Crippen molar-refractivity contribution in [3.8, 4) is 0 Å². The second kappa shape index (κ2) is 13.0. The summed E-state index contributed by atoms with van der Waals surface area (Å²) in [6, 6.07) is 5.99. The van der Waals surface area contributed by atoms with Crippen LogP contribution in [0.4, 0.5) is 4.79 Å². The van der Waals surface area contributed by atoms with Gasteiger partial charge in [-0.3, -0.25) is 9.59 Å². The summed E-state index contributed by atoms with van der Waals surface area (Å²) in [5.41, 5.74) is 0.542. The monoisotopic (exact) mass is 493 g/mol. The minimum absolute atomic E-state index is 0.246. The molecule has 1 rings (SSSR count). The lowest BCUT2D eigenvalue weighted by atomic mass is 9.96. The Bertz CT molecular complexity index is 830. The van der Waals surface area contributed by atoms with Crippen molar-refractivity contribution in [1.82, 2.24) is 15.5 Å². The van der Waals surface area contributed by atoms with Crippen molar-refractivity contribution < 1.29 is 19.1 Å². The molecular formula is C26H43N3O4S. The maximum Gasteiger partial charge on any atom is 0.408 e. The summed E-state index contributed by atoms with van der Waals surface area (Å²) >= 11 is 1.59. The maximum atomic E-state index is 13.9. The number of thioether (sulfide) groups is 1. The average Bonchev–Trinajstić information content (AvgIpc) is 2.68. The zero-order chi connectivity index (χ0) is 26.1. The second-order valence-corrected chi connectivity index (χ2v) is 11.5. The van der Waals surface area contributed by atoms with Gasteiger partial charge in [0.15, 0.2) is 0 Å². The van der Waals surface area contributed by atoms with Crippen molar-refractivity contribution in [2.75, 3.05) is 18.6 Å². The van der Waals surface area contributed by atoms with E-state index in [0.29, 0.717) is 25.1 Å². The smallest absolute Gasteiger partial charge is 0.408 e. The van der Waals surface area contributed by atoms with Crippen molar-refractivity contribution in [1.29, 1.82) is 0 Å². The Kier molecular flexibility index (Phi) is 11.4. The molecule has 0 heterocycles. The number of amides is 3. The van der Waals surface area contributed by atoms with Gasteiger partial charge in [-0.1, -0.05) is 31.2 Å². The van der Waals surface area contributed by atoms with Crippen molar-refractivity contribution in [2.45, 2.75) is 91.5 Å². The van der Waals surface area contributed by atoms with Gasteiger partial charge in [-0.2, -0.15) is 11.8 Å². The van der Waals surface area contributed by atoms with Crippen molar-refractivity contribution >= 4 is 29.7 Å². The molecule has 0 fully saturated rings. The second-order valence-electron chi connectivity index (χ2n) is 10.5. The van der Waals surface area contributed by atoms with Crippen molar-refractivity contribution in [2.24, 2.45) is 0 Å². The fraction of sp³-hybridized carbons (Fsp3) is 0.654. The van der Waals surface area contributed by atoms with E-state index >= 15 is 0 Å². The topological polar surface area (TPSA) is 87.7 Å². The molecule has 192 valence electrons. The van der Waals surface area contributed by atoms with Crippen LogP contribution in [0.15, 0.2) is 24.3 Å². The Morgan fingerprint density at radius 3 is 2.21 bits per heavy atom. The Hall–Kier alpha value is -2.22. The molecule has 0 spiro atoms. The predicted molar refractivity (Wildman–Crippen MR) is 140 cm³/mol. The lowest BCUT2D eigenvalue weighted by molar-refractivity contribution is -0.143. The number of nitrogens with zero attached hydrogens (tertiary/aromatic N) is 1. The molecule has 7 nitrogen and oxygen atoms in total. The largest absolute Gasteiger partial charge is 0.444 e. The Balaban J connectivity index is 3.44. The first-order chi connectivity index (χ1) is 15.7. The molecule has 2 atom stereocenters. The highest BCUT2D eigenvalue weighted by molar-refractivity contribution is 7.98. The fourth-order valence-electron chi connectivity index (χ4n) is 3.53. The Morgan fingerprint density at radius 2 is 1.71 bits per heavy atom. The SMILES string of the molecule is CCCN(C(=O)C(CCSC)NC(=O)OC(C)(C)C)C(C(=O)NC(C)(C)C)c1ccccc1C. The summed E-state index contributed by atoms with van der Waals surface area (Å²) in [7, 11) is 0. The van der Waals surface area contributed by atoms with Gasteiger partial charge in [0.2, 0.25) is 11.8 Å². The highest BCUT2D eigenvalue weighted by atomic mass is 32.2. The van der Waals surface area contributed by atoms with E-state index in [0.717, 1.165) is 11.1 Å². The van der Waals surface area contributed by atoms with Crippen LogP contribution in [0.1, 0.15) is 78.5 Å². The lowest BCUT2D eigenvalue weighted by Crippen LogP contribution is -2.55. The van der Waals surface area contributed by atoms with Crippen LogP contribution in [0.25, 0.3) is 0 Å². The molecule has 0 radical (unpaired) electrons. The highest BCUT2D eigenvalue weighted by Gasteiger charge is 2.37. The molecule has 3 amide bonds. The molecule has 0 bridgehead atoms. The lowest BCUT2D eigenvalue weighted by Gasteiger charge is -2.36. The zero-order valence-corrected chi connectivity index (χ0v) is 23.1. The van der Waals surface area contributed by atoms with E-state index in [1.165, 1.54) is 0 Å². The summed E-state index contributed by atoms with van der Waals surface area (Å²) < 4.78 is 5.41. The molecule has 2 unspecified atom stereocenters. The van der Waals surface area contributed by atoms with Crippen LogP contribution in [0, 0.1) is 6.92 Å². The first-order valence-corrected chi connectivity index (χ1v) is 13.3. The van der Waals surface area contributed by atoms with Crippen LogP contribution >= 0.6 is 11.8 Å². The molecule has 0 saturated carbocycles. The van der Waals surface area contributed by atoms with Crippen LogP contribution < -0.4 is 10.6 Å². The third kappa shape index (κ3) is 9.95. The van der Waals surface area contributed by atoms with Gasteiger partial charge < -0.3 is 20.3 Å². The van der Waals surface area contributed by atoms with E-state index in [2.05, 4.69) is 10.6 Å². The molecule has 34 heavy (non-hydrogen) atoms. The number of hydrogen-bond acceptors (Lipinski definition) is 5. The first-order valence-electron chi connectivity index (χ1n) is 11.9. The van der Waals surface area contributed by atoms with E-state index in [9.17, 15) is 14.4 Å². The number of rotatable bonds is 10. The minimum atomic E-state index is -0.815. The van der Waals surface area contributed by atoms with E-state index < -0.39 is 29.3 Å².